The number of nitrogens with one attached hydrogen (secondary N) is 1. The van der Waals surface area contributed by atoms with Crippen LogP contribution >= 0.6 is 23.2 Å². The number of anilines is 2. The van der Waals surface area contributed by atoms with Crippen LogP contribution in [0, 0.1) is 0 Å². The predicted molar refractivity (Wildman–Crippen MR) is 110 cm³/mol. The first-order chi connectivity index (χ1) is 13.1. The number of hydrogen-bond acceptors (Lipinski definition) is 3. The molecular formula is C21H18Cl2N2O2. The number of carbonyl (C=O) groups is 1. The molecule has 0 unspecified atom stereocenters. The van der Waals surface area contributed by atoms with Crippen LogP contribution < -0.4 is 10.2 Å². The molecule has 138 valence electrons. The molecule has 0 atom stereocenters. The molecule has 0 aliphatic carbocycles. The minimum Gasteiger partial charge on any atom is -0.451 e. The fourth-order valence-electron chi connectivity index (χ4n) is 3.26. The van der Waals surface area contributed by atoms with E-state index in [2.05, 4.69) is 16.3 Å². The molecule has 3 aromatic rings. The van der Waals surface area contributed by atoms with Crippen LogP contribution in [0.4, 0.5) is 11.4 Å². The average Bonchev–Trinajstić information content (AvgIpc) is 3.33. The molecule has 6 heteroatoms. The van der Waals surface area contributed by atoms with Crippen molar-refractivity contribution in [3.8, 4) is 11.3 Å². The van der Waals surface area contributed by atoms with Crippen LogP contribution in [-0.2, 0) is 0 Å². The minimum absolute atomic E-state index is 0.229. The van der Waals surface area contributed by atoms with E-state index in [1.54, 1.807) is 30.3 Å². The van der Waals surface area contributed by atoms with E-state index >= 15 is 0 Å². The highest BCUT2D eigenvalue weighted by molar-refractivity contribution is 6.35. The highest BCUT2D eigenvalue weighted by Gasteiger charge is 2.15. The van der Waals surface area contributed by atoms with E-state index in [1.807, 2.05) is 18.2 Å². The molecule has 0 bridgehead atoms. The maximum Gasteiger partial charge on any atom is 0.291 e. The van der Waals surface area contributed by atoms with Crippen molar-refractivity contribution in [3.63, 3.8) is 0 Å². The maximum absolute atomic E-state index is 12.6. The second-order valence-corrected chi connectivity index (χ2v) is 7.39. The first-order valence-electron chi connectivity index (χ1n) is 8.81. The van der Waals surface area contributed by atoms with Crippen LogP contribution in [0.25, 0.3) is 11.3 Å². The van der Waals surface area contributed by atoms with Crippen molar-refractivity contribution in [1.82, 2.24) is 0 Å². The molecule has 1 aromatic heterocycles. The Labute approximate surface area is 167 Å². The molecule has 1 fully saturated rings. The van der Waals surface area contributed by atoms with Crippen molar-refractivity contribution in [2.45, 2.75) is 12.8 Å². The smallest absolute Gasteiger partial charge is 0.291 e. The lowest BCUT2D eigenvalue weighted by molar-refractivity contribution is 0.0997. The number of halogens is 2. The van der Waals surface area contributed by atoms with Gasteiger partial charge >= 0.3 is 0 Å². The molecule has 0 radical (unpaired) electrons. The Morgan fingerprint density at radius 2 is 1.70 bits per heavy atom. The summed E-state index contributed by atoms with van der Waals surface area (Å²) in [7, 11) is 0. The van der Waals surface area contributed by atoms with Gasteiger partial charge in [-0.05, 0) is 61.4 Å². The topological polar surface area (TPSA) is 45.5 Å². The van der Waals surface area contributed by atoms with Crippen molar-refractivity contribution < 1.29 is 9.21 Å². The van der Waals surface area contributed by atoms with Crippen molar-refractivity contribution in [2.75, 3.05) is 23.3 Å². The van der Waals surface area contributed by atoms with Crippen LogP contribution in [-0.4, -0.2) is 19.0 Å². The van der Waals surface area contributed by atoms with E-state index < -0.39 is 0 Å². The number of nitrogens with zero attached hydrogens (tertiary/aromatic N) is 1. The van der Waals surface area contributed by atoms with Gasteiger partial charge in [-0.2, -0.15) is 0 Å². The van der Waals surface area contributed by atoms with Crippen LogP contribution in [0.5, 0.6) is 0 Å². The van der Waals surface area contributed by atoms with Crippen molar-refractivity contribution in [1.29, 1.82) is 0 Å². The lowest BCUT2D eigenvalue weighted by atomic mass is 10.2. The van der Waals surface area contributed by atoms with E-state index in [4.69, 9.17) is 27.6 Å². The Hall–Kier alpha value is -2.43. The highest BCUT2D eigenvalue weighted by atomic mass is 35.5. The number of carbonyl (C=O) groups excluding carboxylic acids is 1. The van der Waals surface area contributed by atoms with Crippen LogP contribution in [0.15, 0.2) is 59.0 Å². The van der Waals surface area contributed by atoms with Crippen molar-refractivity contribution >= 4 is 40.5 Å². The zero-order valence-electron chi connectivity index (χ0n) is 14.5. The Balaban J connectivity index is 1.51. The molecule has 1 aliphatic heterocycles. The molecule has 0 spiro atoms. The van der Waals surface area contributed by atoms with Gasteiger partial charge < -0.3 is 14.6 Å². The number of benzene rings is 2. The standard InChI is InChI=1S/C21H18Cl2N2O2/c22-15-10-14(11-16(23)12-15)19-6-7-20(27-19)21(26)24-17-4-3-5-18(13-17)25-8-1-2-9-25/h3-7,10-13H,1-2,8-9H2,(H,24,26). The van der Waals surface area contributed by atoms with Gasteiger partial charge in [0.05, 0.1) is 0 Å². The lowest BCUT2D eigenvalue weighted by Gasteiger charge is -2.18. The molecule has 2 heterocycles. The van der Waals surface area contributed by atoms with Crippen molar-refractivity contribution in [2.24, 2.45) is 0 Å². The molecule has 27 heavy (non-hydrogen) atoms. The van der Waals surface area contributed by atoms with Gasteiger partial charge in [0, 0.05) is 40.1 Å². The molecule has 1 saturated heterocycles. The largest absolute Gasteiger partial charge is 0.451 e. The Morgan fingerprint density at radius 1 is 0.963 bits per heavy atom. The van der Waals surface area contributed by atoms with Gasteiger partial charge in [-0.3, -0.25) is 4.79 Å². The summed E-state index contributed by atoms with van der Waals surface area (Å²) in [5.74, 6) is 0.469. The van der Waals surface area contributed by atoms with Gasteiger partial charge in [0.15, 0.2) is 5.76 Å². The zero-order valence-corrected chi connectivity index (χ0v) is 16.1. The fourth-order valence-corrected chi connectivity index (χ4v) is 3.79. The Kier molecular flexibility index (Phi) is 5.10. The van der Waals surface area contributed by atoms with E-state index in [9.17, 15) is 4.79 Å². The quantitative estimate of drug-likeness (QED) is 0.574. The SMILES string of the molecule is O=C(Nc1cccc(N2CCCC2)c1)c1ccc(-c2cc(Cl)cc(Cl)c2)o1. The summed E-state index contributed by atoms with van der Waals surface area (Å²) < 4.78 is 5.70. The molecule has 1 aliphatic rings. The third-order valence-electron chi connectivity index (χ3n) is 4.55. The van der Waals surface area contributed by atoms with Gasteiger partial charge in [0.25, 0.3) is 5.91 Å². The van der Waals surface area contributed by atoms with Gasteiger partial charge in [0.2, 0.25) is 0 Å². The maximum atomic E-state index is 12.6. The first-order valence-corrected chi connectivity index (χ1v) is 9.57. The average molecular weight is 401 g/mol. The fraction of sp³-hybridized carbons (Fsp3) is 0.190. The summed E-state index contributed by atoms with van der Waals surface area (Å²) in [6.45, 7) is 2.11. The normalized spacial score (nSPS) is 13.8. The third-order valence-corrected chi connectivity index (χ3v) is 4.99. The second-order valence-electron chi connectivity index (χ2n) is 6.52. The molecule has 1 amide bonds. The van der Waals surface area contributed by atoms with Gasteiger partial charge in [-0.15, -0.1) is 0 Å². The van der Waals surface area contributed by atoms with E-state index in [0.717, 1.165) is 30.0 Å². The molecule has 4 rings (SSSR count). The number of hydrogen-bond donors (Lipinski definition) is 1. The van der Waals surface area contributed by atoms with Crippen LogP contribution in [0.2, 0.25) is 10.0 Å². The summed E-state index contributed by atoms with van der Waals surface area (Å²) in [4.78, 5) is 14.9. The summed E-state index contributed by atoms with van der Waals surface area (Å²) in [6.07, 6.45) is 2.42. The minimum atomic E-state index is -0.298. The molecular weight excluding hydrogens is 383 g/mol. The van der Waals surface area contributed by atoms with Crippen LogP contribution in [0.1, 0.15) is 23.4 Å². The molecule has 4 nitrogen and oxygen atoms in total. The second kappa shape index (κ2) is 7.67. The monoisotopic (exact) mass is 400 g/mol. The van der Waals surface area contributed by atoms with Crippen molar-refractivity contribution in [3.05, 3.63) is 70.4 Å². The predicted octanol–water partition coefficient (Wildman–Crippen LogP) is 6.11. The van der Waals surface area contributed by atoms with E-state index in [-0.39, 0.29) is 11.7 Å². The Bertz CT molecular complexity index is 958. The number of rotatable bonds is 4. The Morgan fingerprint density at radius 3 is 2.44 bits per heavy atom. The molecule has 1 N–H and O–H groups in total. The lowest BCUT2D eigenvalue weighted by Crippen LogP contribution is -2.18. The van der Waals surface area contributed by atoms with Gasteiger partial charge in [-0.1, -0.05) is 29.3 Å². The van der Waals surface area contributed by atoms with Crippen LogP contribution in [0.3, 0.4) is 0 Å². The third kappa shape index (κ3) is 4.12. The van der Waals surface area contributed by atoms with E-state index in [1.165, 1.54) is 12.8 Å². The highest BCUT2D eigenvalue weighted by Crippen LogP contribution is 2.29. The van der Waals surface area contributed by atoms with E-state index in [0.29, 0.717) is 15.8 Å². The summed E-state index contributed by atoms with van der Waals surface area (Å²) >= 11 is 12.1. The summed E-state index contributed by atoms with van der Waals surface area (Å²) in [6, 6.07) is 16.4. The molecule has 0 saturated carbocycles. The number of amides is 1. The first kappa shape index (κ1) is 18.0. The van der Waals surface area contributed by atoms with Gasteiger partial charge in [-0.25, -0.2) is 0 Å². The molecule has 2 aromatic carbocycles. The zero-order chi connectivity index (χ0) is 18.8. The number of furan rings is 1. The summed E-state index contributed by atoms with van der Waals surface area (Å²) in [5, 5.41) is 3.92. The van der Waals surface area contributed by atoms with Gasteiger partial charge in [0.1, 0.15) is 5.76 Å². The summed E-state index contributed by atoms with van der Waals surface area (Å²) in [5.41, 5.74) is 2.59.